The topological polar surface area (TPSA) is 58.9 Å². The van der Waals surface area contributed by atoms with Gasteiger partial charge in [0.15, 0.2) is 16.6 Å². The molecule has 0 aromatic carbocycles. The average Bonchev–Trinajstić information content (AvgIpc) is 3.12. The van der Waals surface area contributed by atoms with E-state index in [0.717, 1.165) is 44.3 Å². The molecule has 0 aromatic rings. The molecular formula is C38H70O4SSi2. The third-order valence-electron chi connectivity index (χ3n) is 13.8. The standard InChI is InChI=1S/C38H70O4SSi2/c1-25(43-21-20-36(8,9)40)33-31(39)24-30-28-17-16-26-22-27(41-44(12,13)34(2,3)4)23-32(42-45(14,15)35(5,6)7)38(26,11)29(28)18-19-37(30,33)10/h16-17,25,27,29-33,39-40H,18-24H2,1-15H3/t25-,27+,29-,30-,31+,32-,33-,37-,38-/m0/s1. The molecule has 3 fully saturated rings. The van der Waals surface area contributed by atoms with E-state index in [0.29, 0.717) is 17.1 Å². The van der Waals surface area contributed by atoms with Crippen molar-refractivity contribution in [2.45, 2.75) is 180 Å². The molecule has 0 aliphatic heterocycles. The van der Waals surface area contributed by atoms with Crippen LogP contribution in [0.1, 0.15) is 115 Å². The summed E-state index contributed by atoms with van der Waals surface area (Å²) in [4.78, 5) is 0. The van der Waals surface area contributed by atoms with E-state index < -0.39 is 22.2 Å². The highest BCUT2D eigenvalue weighted by Gasteiger charge is 2.62. The lowest BCUT2D eigenvalue weighted by Crippen LogP contribution is -2.58. The number of allylic oxidation sites excluding steroid dienone is 3. The predicted molar refractivity (Wildman–Crippen MR) is 199 cm³/mol. The first kappa shape index (κ1) is 37.9. The van der Waals surface area contributed by atoms with Gasteiger partial charge in [0.05, 0.1) is 23.9 Å². The summed E-state index contributed by atoms with van der Waals surface area (Å²) < 4.78 is 14.7. The lowest BCUT2D eigenvalue weighted by molar-refractivity contribution is -0.0438. The Morgan fingerprint density at radius 2 is 1.49 bits per heavy atom. The van der Waals surface area contributed by atoms with Gasteiger partial charge in [-0.05, 0) is 112 Å². The van der Waals surface area contributed by atoms with Crippen molar-refractivity contribution in [1.82, 2.24) is 0 Å². The molecule has 0 spiro atoms. The van der Waals surface area contributed by atoms with Gasteiger partial charge in [-0.3, -0.25) is 0 Å². The fourth-order valence-electron chi connectivity index (χ4n) is 8.90. The number of rotatable bonds is 9. The van der Waals surface area contributed by atoms with Crippen LogP contribution in [0.25, 0.3) is 0 Å². The van der Waals surface area contributed by atoms with Crippen molar-refractivity contribution in [3.63, 3.8) is 0 Å². The summed E-state index contributed by atoms with van der Waals surface area (Å²) in [5.41, 5.74) is 2.50. The molecule has 0 aromatic heterocycles. The van der Waals surface area contributed by atoms with Crippen LogP contribution in [-0.4, -0.2) is 61.8 Å². The zero-order valence-electron chi connectivity index (χ0n) is 31.8. The van der Waals surface area contributed by atoms with Crippen LogP contribution in [0.3, 0.4) is 0 Å². The van der Waals surface area contributed by atoms with Gasteiger partial charge in [0.2, 0.25) is 0 Å². The van der Waals surface area contributed by atoms with E-state index in [-0.39, 0.29) is 45.1 Å². The lowest BCUT2D eigenvalue weighted by atomic mass is 9.49. The van der Waals surface area contributed by atoms with Crippen LogP contribution in [0, 0.1) is 28.6 Å². The van der Waals surface area contributed by atoms with Crippen molar-refractivity contribution in [2.75, 3.05) is 5.75 Å². The van der Waals surface area contributed by atoms with Crippen molar-refractivity contribution in [3.05, 3.63) is 23.3 Å². The SMILES string of the molecule is C[C@H](SCCC(C)(C)O)[C@H]1[C@H](O)C[C@H]2C3=CC=C4C[C@@H](O[Si](C)(C)C(C)(C)C)C[C@H](O[Si](C)(C)C(C)(C)C)[C@]4(C)[C@H]3CC[C@]12C. The molecular weight excluding hydrogens is 609 g/mol. The van der Waals surface area contributed by atoms with Gasteiger partial charge in [-0.2, -0.15) is 11.8 Å². The Bertz CT molecular complexity index is 1140. The Morgan fingerprint density at radius 3 is 2.04 bits per heavy atom. The van der Waals surface area contributed by atoms with Gasteiger partial charge in [-0.15, -0.1) is 0 Å². The van der Waals surface area contributed by atoms with Crippen molar-refractivity contribution in [2.24, 2.45) is 28.6 Å². The maximum Gasteiger partial charge on any atom is 0.192 e. The molecule has 0 saturated heterocycles. The number of thioether (sulfide) groups is 1. The summed E-state index contributed by atoms with van der Waals surface area (Å²) >= 11 is 1.94. The maximum atomic E-state index is 11.7. The Kier molecular flexibility index (Phi) is 10.5. The Hall–Kier alpha value is 0.104. The number of hydrogen-bond donors (Lipinski definition) is 2. The highest BCUT2D eigenvalue weighted by atomic mass is 32.2. The fraction of sp³-hybridized carbons (Fsp3) is 0.895. The van der Waals surface area contributed by atoms with Gasteiger partial charge in [-0.25, -0.2) is 0 Å². The Labute approximate surface area is 284 Å². The smallest absolute Gasteiger partial charge is 0.192 e. The third kappa shape index (κ3) is 7.21. The monoisotopic (exact) mass is 678 g/mol. The van der Waals surface area contributed by atoms with Crippen molar-refractivity contribution < 1.29 is 19.1 Å². The summed E-state index contributed by atoms with van der Waals surface area (Å²) in [6.45, 7) is 34.9. The van der Waals surface area contributed by atoms with Crippen LogP contribution in [0.4, 0.5) is 0 Å². The summed E-state index contributed by atoms with van der Waals surface area (Å²) in [6.07, 6.45) is 10.9. The van der Waals surface area contributed by atoms with Crippen molar-refractivity contribution in [1.29, 1.82) is 0 Å². The van der Waals surface area contributed by atoms with Gasteiger partial charge < -0.3 is 19.1 Å². The number of fused-ring (bicyclic) bond motifs is 5. The second-order valence-electron chi connectivity index (χ2n) is 19.6. The molecule has 9 atom stereocenters. The first-order valence-corrected chi connectivity index (χ1v) is 24.9. The third-order valence-corrected chi connectivity index (χ3v) is 24.1. The molecule has 0 unspecified atom stereocenters. The highest BCUT2D eigenvalue weighted by molar-refractivity contribution is 7.99. The quantitative estimate of drug-likeness (QED) is 0.238. The number of hydrogen-bond acceptors (Lipinski definition) is 5. The fourth-order valence-corrected chi connectivity index (χ4v) is 13.4. The molecule has 45 heavy (non-hydrogen) atoms. The van der Waals surface area contributed by atoms with Gasteiger partial charge in [0.25, 0.3) is 0 Å². The summed E-state index contributed by atoms with van der Waals surface area (Å²) in [5.74, 6) is 2.04. The second kappa shape index (κ2) is 12.5. The molecule has 0 heterocycles. The zero-order chi connectivity index (χ0) is 34.2. The first-order chi connectivity index (χ1) is 20.2. The van der Waals surface area contributed by atoms with Crippen LogP contribution in [0.15, 0.2) is 23.3 Å². The van der Waals surface area contributed by atoms with Gasteiger partial charge in [0, 0.05) is 16.6 Å². The minimum atomic E-state index is -2.05. The van der Waals surface area contributed by atoms with Crippen molar-refractivity contribution in [3.8, 4) is 0 Å². The van der Waals surface area contributed by atoms with E-state index in [9.17, 15) is 10.2 Å². The van der Waals surface area contributed by atoms with E-state index in [1.54, 1.807) is 5.57 Å². The average molecular weight is 679 g/mol. The minimum absolute atomic E-state index is 0.0513. The maximum absolute atomic E-state index is 11.7. The Morgan fingerprint density at radius 1 is 0.911 bits per heavy atom. The molecule has 0 radical (unpaired) electrons. The molecule has 4 aliphatic carbocycles. The van der Waals surface area contributed by atoms with E-state index in [4.69, 9.17) is 8.85 Å². The largest absolute Gasteiger partial charge is 0.414 e. The molecule has 3 saturated carbocycles. The van der Waals surface area contributed by atoms with Gasteiger partial charge in [0.1, 0.15) is 0 Å². The van der Waals surface area contributed by atoms with E-state index in [2.05, 4.69) is 101 Å². The molecule has 7 heteroatoms. The van der Waals surface area contributed by atoms with Crippen molar-refractivity contribution >= 4 is 28.4 Å². The summed E-state index contributed by atoms with van der Waals surface area (Å²) in [5, 5.41) is 22.6. The highest BCUT2D eigenvalue weighted by Crippen LogP contribution is 2.67. The molecule has 0 bridgehead atoms. The van der Waals surface area contributed by atoms with Gasteiger partial charge >= 0.3 is 0 Å². The summed E-state index contributed by atoms with van der Waals surface area (Å²) in [6, 6.07) is 0. The lowest BCUT2D eigenvalue weighted by Gasteiger charge is -2.59. The molecule has 2 N–H and O–H groups in total. The van der Waals surface area contributed by atoms with E-state index >= 15 is 0 Å². The zero-order valence-corrected chi connectivity index (χ0v) is 34.6. The molecule has 0 amide bonds. The van der Waals surface area contributed by atoms with Crippen LogP contribution in [0.2, 0.25) is 36.3 Å². The predicted octanol–water partition coefficient (Wildman–Crippen LogP) is 10.1. The van der Waals surface area contributed by atoms with E-state index in [1.165, 1.54) is 5.57 Å². The summed E-state index contributed by atoms with van der Waals surface area (Å²) in [7, 11) is -3.99. The van der Waals surface area contributed by atoms with Gasteiger partial charge in [-0.1, -0.05) is 85.6 Å². The second-order valence-corrected chi connectivity index (χ2v) is 30.6. The first-order valence-electron chi connectivity index (χ1n) is 18.0. The van der Waals surface area contributed by atoms with Crippen LogP contribution in [-0.2, 0) is 8.85 Å². The van der Waals surface area contributed by atoms with Crippen LogP contribution in [0.5, 0.6) is 0 Å². The Balaban J connectivity index is 1.68. The van der Waals surface area contributed by atoms with E-state index in [1.807, 2.05) is 25.6 Å². The number of aliphatic hydroxyl groups is 2. The normalized spacial score (nSPS) is 36.9. The molecule has 4 nitrogen and oxygen atoms in total. The van der Waals surface area contributed by atoms with Crippen LogP contribution < -0.4 is 0 Å². The van der Waals surface area contributed by atoms with Crippen LogP contribution >= 0.6 is 11.8 Å². The molecule has 260 valence electrons. The molecule has 4 aliphatic rings. The number of aliphatic hydroxyl groups excluding tert-OH is 1. The minimum Gasteiger partial charge on any atom is -0.414 e. The molecule has 4 rings (SSSR count).